The zero-order valence-corrected chi connectivity index (χ0v) is 19.6. The number of nitrogens with one attached hydrogen (secondary N) is 1. The Morgan fingerprint density at radius 3 is 2.31 bits per heavy atom. The van der Waals surface area contributed by atoms with Crippen LogP contribution < -0.4 is 19.1 Å². The summed E-state index contributed by atoms with van der Waals surface area (Å²) in [5, 5.41) is 2.79. The van der Waals surface area contributed by atoms with Crippen molar-refractivity contribution in [3.05, 3.63) is 51.6 Å². The summed E-state index contributed by atoms with van der Waals surface area (Å²) >= 11 is 2.14. The molecule has 0 radical (unpaired) electrons. The fraction of sp³-hybridized carbons (Fsp3) is 0.350. The summed E-state index contributed by atoms with van der Waals surface area (Å²) in [4.78, 5) is 12.3. The predicted octanol–water partition coefficient (Wildman–Crippen LogP) is 2.82. The fourth-order valence-corrected chi connectivity index (χ4v) is 3.97. The third-order valence-corrected chi connectivity index (χ3v) is 6.07. The number of hydrogen-bond donors (Lipinski definition) is 1. The average Bonchev–Trinajstić information content (AvgIpc) is 2.69. The van der Waals surface area contributed by atoms with E-state index >= 15 is 0 Å². The molecule has 0 unspecified atom stereocenters. The van der Waals surface area contributed by atoms with Crippen molar-refractivity contribution in [1.29, 1.82) is 0 Å². The van der Waals surface area contributed by atoms with Gasteiger partial charge >= 0.3 is 0 Å². The molecule has 0 fully saturated rings. The number of anilines is 1. The molecule has 0 saturated heterocycles. The van der Waals surface area contributed by atoms with Crippen molar-refractivity contribution >= 4 is 44.2 Å². The Kier molecular flexibility index (Phi) is 8.57. The van der Waals surface area contributed by atoms with Crippen LogP contribution in [-0.4, -0.2) is 47.9 Å². The Labute approximate surface area is 185 Å². The average molecular weight is 532 g/mol. The molecule has 29 heavy (non-hydrogen) atoms. The Hall–Kier alpha value is -2.01. The standard InChI is InChI=1S/C20H25IN2O5S/c1-27-18-11-6-15(13-19(18)28-2)5-4-12-22-20(24)14-23(29(3,25)26)17-9-7-16(21)8-10-17/h6-11,13H,4-5,12,14H2,1-3H3,(H,22,24). The van der Waals surface area contributed by atoms with Gasteiger partial charge in [-0.25, -0.2) is 8.42 Å². The lowest BCUT2D eigenvalue weighted by molar-refractivity contribution is -0.119. The van der Waals surface area contributed by atoms with Crippen molar-refractivity contribution in [2.45, 2.75) is 12.8 Å². The van der Waals surface area contributed by atoms with E-state index in [0.717, 1.165) is 26.1 Å². The largest absolute Gasteiger partial charge is 0.493 e. The van der Waals surface area contributed by atoms with Crippen molar-refractivity contribution in [3.63, 3.8) is 0 Å². The Balaban J connectivity index is 1.89. The number of hydrogen-bond acceptors (Lipinski definition) is 5. The van der Waals surface area contributed by atoms with E-state index in [4.69, 9.17) is 9.47 Å². The normalized spacial score (nSPS) is 11.0. The van der Waals surface area contributed by atoms with Crippen LogP contribution in [0.4, 0.5) is 5.69 Å². The van der Waals surface area contributed by atoms with Gasteiger partial charge in [-0.15, -0.1) is 0 Å². The van der Waals surface area contributed by atoms with Gasteiger partial charge in [-0.2, -0.15) is 0 Å². The van der Waals surface area contributed by atoms with Crippen LogP contribution in [0.25, 0.3) is 0 Å². The maximum Gasteiger partial charge on any atom is 0.240 e. The molecule has 9 heteroatoms. The highest BCUT2D eigenvalue weighted by Gasteiger charge is 2.20. The minimum absolute atomic E-state index is 0.254. The third kappa shape index (κ3) is 7.07. The number of halogens is 1. The molecule has 0 aliphatic carbocycles. The molecule has 2 aromatic carbocycles. The van der Waals surface area contributed by atoms with Gasteiger partial charge in [0.25, 0.3) is 0 Å². The van der Waals surface area contributed by atoms with E-state index in [-0.39, 0.29) is 12.5 Å². The van der Waals surface area contributed by atoms with Crippen LogP contribution in [-0.2, 0) is 21.2 Å². The number of sulfonamides is 1. The highest BCUT2D eigenvalue weighted by Crippen LogP contribution is 2.27. The van der Waals surface area contributed by atoms with E-state index in [1.54, 1.807) is 38.5 Å². The molecule has 0 bridgehead atoms. The highest BCUT2D eigenvalue weighted by molar-refractivity contribution is 14.1. The first-order valence-electron chi connectivity index (χ1n) is 8.95. The van der Waals surface area contributed by atoms with Gasteiger partial charge in [0.15, 0.2) is 11.5 Å². The monoisotopic (exact) mass is 532 g/mol. The highest BCUT2D eigenvalue weighted by atomic mass is 127. The maximum absolute atomic E-state index is 12.3. The lowest BCUT2D eigenvalue weighted by Crippen LogP contribution is -2.40. The minimum atomic E-state index is -3.57. The van der Waals surface area contributed by atoms with E-state index in [0.29, 0.717) is 30.2 Å². The summed E-state index contributed by atoms with van der Waals surface area (Å²) in [6.45, 7) is 0.188. The Morgan fingerprint density at radius 2 is 1.72 bits per heavy atom. The van der Waals surface area contributed by atoms with E-state index < -0.39 is 10.0 Å². The van der Waals surface area contributed by atoms with Crippen LogP contribution in [0.2, 0.25) is 0 Å². The molecule has 0 spiro atoms. The quantitative estimate of drug-likeness (QED) is 0.376. The molecule has 2 rings (SSSR count). The van der Waals surface area contributed by atoms with Crippen molar-refractivity contribution < 1.29 is 22.7 Å². The van der Waals surface area contributed by atoms with E-state index in [1.807, 2.05) is 18.2 Å². The molecular weight excluding hydrogens is 507 g/mol. The zero-order valence-electron chi connectivity index (χ0n) is 16.6. The van der Waals surface area contributed by atoms with Gasteiger partial charge in [-0.05, 0) is 77.4 Å². The lowest BCUT2D eigenvalue weighted by atomic mass is 10.1. The molecule has 0 aliphatic heterocycles. The van der Waals surface area contributed by atoms with Crippen LogP contribution in [0.5, 0.6) is 11.5 Å². The summed E-state index contributed by atoms with van der Waals surface area (Å²) in [5.74, 6) is 0.984. The first-order chi connectivity index (χ1) is 13.7. The zero-order chi connectivity index (χ0) is 21.4. The Morgan fingerprint density at radius 1 is 1.07 bits per heavy atom. The molecule has 1 amide bonds. The molecule has 1 N–H and O–H groups in total. The molecule has 0 aliphatic rings. The summed E-state index contributed by atoms with van der Waals surface area (Å²) in [7, 11) is -0.397. The van der Waals surface area contributed by atoms with Gasteiger partial charge in [0, 0.05) is 10.1 Å². The molecule has 7 nitrogen and oxygen atoms in total. The number of methoxy groups -OCH3 is 2. The number of carbonyl (C=O) groups excluding carboxylic acids is 1. The van der Waals surface area contributed by atoms with Gasteiger partial charge in [-0.1, -0.05) is 6.07 Å². The molecular formula is C20H25IN2O5S. The van der Waals surface area contributed by atoms with E-state index in [1.165, 1.54) is 0 Å². The molecule has 2 aromatic rings. The van der Waals surface area contributed by atoms with E-state index in [9.17, 15) is 13.2 Å². The molecule has 0 atom stereocenters. The van der Waals surface area contributed by atoms with Crippen LogP contribution in [0, 0.1) is 3.57 Å². The summed E-state index contributed by atoms with van der Waals surface area (Å²) in [5.41, 5.74) is 1.53. The van der Waals surface area contributed by atoms with Gasteiger partial charge in [0.1, 0.15) is 6.54 Å². The number of aryl methyl sites for hydroxylation is 1. The van der Waals surface area contributed by atoms with E-state index in [2.05, 4.69) is 27.9 Å². The maximum atomic E-state index is 12.3. The minimum Gasteiger partial charge on any atom is -0.493 e. The second-order valence-corrected chi connectivity index (χ2v) is 9.54. The van der Waals surface area contributed by atoms with Crippen LogP contribution in [0.15, 0.2) is 42.5 Å². The van der Waals surface area contributed by atoms with Gasteiger partial charge in [0.2, 0.25) is 15.9 Å². The van der Waals surface area contributed by atoms with Crippen LogP contribution >= 0.6 is 22.6 Å². The first kappa shape index (κ1) is 23.3. The summed E-state index contributed by atoms with van der Waals surface area (Å²) in [6, 6.07) is 12.7. The number of benzene rings is 2. The second-order valence-electron chi connectivity index (χ2n) is 6.39. The Bertz CT molecular complexity index is 932. The van der Waals surface area contributed by atoms with Gasteiger partial charge in [0.05, 0.1) is 26.2 Å². The number of carbonyl (C=O) groups is 1. The van der Waals surface area contributed by atoms with Gasteiger partial charge in [-0.3, -0.25) is 9.10 Å². The fourth-order valence-electron chi connectivity index (χ4n) is 2.75. The van der Waals surface area contributed by atoms with Crippen molar-refractivity contribution in [1.82, 2.24) is 5.32 Å². The van der Waals surface area contributed by atoms with Crippen molar-refractivity contribution in [2.75, 3.05) is 37.9 Å². The summed E-state index contributed by atoms with van der Waals surface area (Å²) < 4.78 is 36.8. The SMILES string of the molecule is COc1ccc(CCCNC(=O)CN(c2ccc(I)cc2)S(C)(=O)=O)cc1OC. The number of amides is 1. The summed E-state index contributed by atoms with van der Waals surface area (Å²) in [6.07, 6.45) is 2.55. The molecule has 0 aromatic heterocycles. The van der Waals surface area contributed by atoms with Gasteiger partial charge < -0.3 is 14.8 Å². The first-order valence-corrected chi connectivity index (χ1v) is 11.9. The smallest absolute Gasteiger partial charge is 0.240 e. The van der Waals surface area contributed by atoms with Crippen molar-refractivity contribution in [3.8, 4) is 11.5 Å². The van der Waals surface area contributed by atoms with Crippen LogP contribution in [0.3, 0.4) is 0 Å². The lowest BCUT2D eigenvalue weighted by Gasteiger charge is -2.22. The second kappa shape index (κ2) is 10.7. The number of rotatable bonds is 10. The van der Waals surface area contributed by atoms with Crippen LogP contribution in [0.1, 0.15) is 12.0 Å². The number of nitrogens with zero attached hydrogens (tertiary/aromatic N) is 1. The predicted molar refractivity (Wildman–Crippen MR) is 122 cm³/mol. The molecule has 0 heterocycles. The number of ether oxygens (including phenoxy) is 2. The molecule has 0 saturated carbocycles. The molecule has 158 valence electrons. The van der Waals surface area contributed by atoms with Crippen molar-refractivity contribution in [2.24, 2.45) is 0 Å². The topological polar surface area (TPSA) is 84.9 Å². The third-order valence-electron chi connectivity index (χ3n) is 4.21.